The Morgan fingerprint density at radius 2 is 2.26 bits per heavy atom. The molecule has 0 saturated carbocycles. The molecule has 100 valence electrons. The van der Waals surface area contributed by atoms with Gasteiger partial charge in [0.05, 0.1) is 23.9 Å². The number of aliphatic hydroxyl groups excluding tert-OH is 1. The van der Waals surface area contributed by atoms with Crippen LogP contribution in [0.15, 0.2) is 24.3 Å². The van der Waals surface area contributed by atoms with Gasteiger partial charge in [-0.15, -0.1) is 0 Å². The quantitative estimate of drug-likeness (QED) is 0.878. The number of aliphatic hydroxyl groups is 1. The molecule has 19 heavy (non-hydrogen) atoms. The van der Waals surface area contributed by atoms with E-state index in [1.165, 1.54) is 0 Å². The van der Waals surface area contributed by atoms with Gasteiger partial charge in [-0.25, -0.2) is 0 Å². The number of anilines is 1. The summed E-state index contributed by atoms with van der Waals surface area (Å²) in [5.41, 5.74) is 1.12. The molecule has 1 N–H and O–H groups in total. The van der Waals surface area contributed by atoms with Crippen LogP contribution in [0, 0.1) is 11.3 Å². The number of rotatable bonds is 4. The van der Waals surface area contributed by atoms with E-state index in [-0.39, 0.29) is 25.2 Å². The van der Waals surface area contributed by atoms with E-state index in [1.807, 2.05) is 6.07 Å². The van der Waals surface area contributed by atoms with Gasteiger partial charge in [-0.05, 0) is 25.0 Å². The lowest BCUT2D eigenvalue weighted by Gasteiger charge is -2.33. The van der Waals surface area contributed by atoms with Crippen LogP contribution in [0.2, 0.25) is 0 Å². The zero-order valence-corrected chi connectivity index (χ0v) is 10.6. The lowest BCUT2D eigenvalue weighted by Crippen LogP contribution is -2.47. The number of amides is 1. The second-order valence-corrected chi connectivity index (χ2v) is 4.43. The zero-order valence-electron chi connectivity index (χ0n) is 10.6. The third kappa shape index (κ3) is 3.11. The largest absolute Gasteiger partial charge is 0.396 e. The lowest BCUT2D eigenvalue weighted by molar-refractivity contribution is -0.129. The molecule has 0 aliphatic carbocycles. The van der Waals surface area contributed by atoms with Crippen LogP contribution in [0.3, 0.4) is 0 Å². The Labute approximate surface area is 112 Å². The molecular weight excluding hydrogens is 244 g/mol. The predicted octanol–water partition coefficient (Wildman–Crippen LogP) is 1.06. The van der Waals surface area contributed by atoms with Crippen LogP contribution in [-0.2, 0) is 9.53 Å². The van der Waals surface area contributed by atoms with Gasteiger partial charge in [-0.2, -0.15) is 5.26 Å². The van der Waals surface area contributed by atoms with Gasteiger partial charge in [-0.3, -0.25) is 4.79 Å². The Morgan fingerprint density at radius 1 is 1.47 bits per heavy atom. The number of nitrogens with zero attached hydrogens (tertiary/aromatic N) is 2. The Bertz CT molecular complexity index is 496. The van der Waals surface area contributed by atoms with E-state index in [0.29, 0.717) is 30.6 Å². The summed E-state index contributed by atoms with van der Waals surface area (Å²) in [5.74, 6) is -0.136. The summed E-state index contributed by atoms with van der Waals surface area (Å²) in [6, 6.07) is 9.14. The minimum atomic E-state index is -0.136. The highest BCUT2D eigenvalue weighted by atomic mass is 16.5. The number of ether oxygens (including phenoxy) is 1. The van der Waals surface area contributed by atoms with Gasteiger partial charge < -0.3 is 14.7 Å². The first-order valence-corrected chi connectivity index (χ1v) is 6.28. The molecule has 1 fully saturated rings. The third-order valence-electron chi connectivity index (χ3n) is 3.13. The van der Waals surface area contributed by atoms with Crippen molar-refractivity contribution in [1.82, 2.24) is 0 Å². The summed E-state index contributed by atoms with van der Waals surface area (Å²) >= 11 is 0. The molecule has 1 saturated heterocycles. The van der Waals surface area contributed by atoms with E-state index in [0.717, 1.165) is 0 Å². The van der Waals surface area contributed by atoms with Gasteiger partial charge in [0.15, 0.2) is 0 Å². The monoisotopic (exact) mass is 260 g/mol. The van der Waals surface area contributed by atoms with Crippen LogP contribution in [0.5, 0.6) is 0 Å². The molecule has 0 spiro atoms. The Hall–Kier alpha value is -1.90. The van der Waals surface area contributed by atoms with Gasteiger partial charge in [0, 0.05) is 6.61 Å². The number of para-hydroxylation sites is 1. The number of morpholine rings is 1. The highest BCUT2D eigenvalue weighted by molar-refractivity contribution is 5.96. The summed E-state index contributed by atoms with van der Waals surface area (Å²) in [6.07, 6.45) is 1.26. The maximum atomic E-state index is 11.9. The molecule has 5 nitrogen and oxygen atoms in total. The van der Waals surface area contributed by atoms with E-state index >= 15 is 0 Å². The SMILES string of the molecule is N#Cc1ccccc1N1CC(CCCO)OCC1=O. The Morgan fingerprint density at radius 3 is 3.00 bits per heavy atom. The summed E-state index contributed by atoms with van der Waals surface area (Å²) in [4.78, 5) is 13.5. The molecular formula is C14H16N2O3. The van der Waals surface area contributed by atoms with Crippen LogP contribution in [0.4, 0.5) is 5.69 Å². The fourth-order valence-corrected chi connectivity index (χ4v) is 2.16. The fourth-order valence-electron chi connectivity index (χ4n) is 2.16. The van der Waals surface area contributed by atoms with Crippen molar-refractivity contribution in [1.29, 1.82) is 5.26 Å². The van der Waals surface area contributed by atoms with Crippen molar-refractivity contribution in [2.45, 2.75) is 18.9 Å². The van der Waals surface area contributed by atoms with Crippen LogP contribution in [0.25, 0.3) is 0 Å². The normalized spacial score (nSPS) is 19.3. The molecule has 5 heteroatoms. The molecule has 1 amide bonds. The molecule has 1 atom stereocenters. The number of benzene rings is 1. The maximum absolute atomic E-state index is 11.9. The van der Waals surface area contributed by atoms with Crippen LogP contribution < -0.4 is 4.90 Å². The summed E-state index contributed by atoms with van der Waals surface area (Å²) in [7, 11) is 0. The Kier molecular flexibility index (Phi) is 4.50. The minimum absolute atomic E-state index is 0.0237. The number of hydrogen-bond acceptors (Lipinski definition) is 4. The van der Waals surface area contributed by atoms with Crippen molar-refractivity contribution in [2.75, 3.05) is 24.7 Å². The first kappa shape index (κ1) is 13.5. The standard InChI is InChI=1S/C14H16N2O3/c15-8-11-4-1-2-6-13(11)16-9-12(5-3-7-17)19-10-14(16)18/h1-2,4,6,12,17H,3,5,7,9-10H2. The molecule has 1 aliphatic rings. The average Bonchev–Trinajstić information content (AvgIpc) is 2.46. The maximum Gasteiger partial charge on any atom is 0.253 e. The van der Waals surface area contributed by atoms with Crippen molar-refractivity contribution in [3.63, 3.8) is 0 Å². The zero-order chi connectivity index (χ0) is 13.7. The molecule has 2 rings (SSSR count). The molecule has 1 heterocycles. The summed E-state index contributed by atoms with van der Waals surface area (Å²) in [6.45, 7) is 0.565. The number of hydrogen-bond donors (Lipinski definition) is 1. The van der Waals surface area contributed by atoms with Gasteiger partial charge in [0.1, 0.15) is 12.7 Å². The van der Waals surface area contributed by atoms with Crippen LogP contribution in [-0.4, -0.2) is 36.9 Å². The first-order valence-electron chi connectivity index (χ1n) is 6.28. The van der Waals surface area contributed by atoms with Crippen molar-refractivity contribution in [2.24, 2.45) is 0 Å². The second kappa shape index (κ2) is 6.32. The summed E-state index contributed by atoms with van der Waals surface area (Å²) in [5, 5.41) is 17.9. The molecule has 1 aliphatic heterocycles. The van der Waals surface area contributed by atoms with E-state index in [9.17, 15) is 4.79 Å². The third-order valence-corrected chi connectivity index (χ3v) is 3.13. The van der Waals surface area contributed by atoms with Gasteiger partial charge in [0.2, 0.25) is 0 Å². The lowest BCUT2D eigenvalue weighted by atomic mass is 10.1. The minimum Gasteiger partial charge on any atom is -0.396 e. The average molecular weight is 260 g/mol. The molecule has 1 aromatic carbocycles. The molecule has 0 radical (unpaired) electrons. The van der Waals surface area contributed by atoms with Crippen LogP contribution in [0.1, 0.15) is 18.4 Å². The van der Waals surface area contributed by atoms with Crippen molar-refractivity contribution < 1.29 is 14.6 Å². The van der Waals surface area contributed by atoms with E-state index in [1.54, 1.807) is 23.1 Å². The van der Waals surface area contributed by atoms with E-state index in [4.69, 9.17) is 15.1 Å². The molecule has 0 aromatic heterocycles. The van der Waals surface area contributed by atoms with Crippen molar-refractivity contribution in [3.8, 4) is 6.07 Å². The van der Waals surface area contributed by atoms with Crippen molar-refractivity contribution >= 4 is 11.6 Å². The van der Waals surface area contributed by atoms with Crippen LogP contribution >= 0.6 is 0 Å². The van der Waals surface area contributed by atoms with Gasteiger partial charge >= 0.3 is 0 Å². The topological polar surface area (TPSA) is 73.6 Å². The number of carbonyl (C=O) groups excluding carboxylic acids is 1. The highest BCUT2D eigenvalue weighted by Crippen LogP contribution is 2.23. The smallest absolute Gasteiger partial charge is 0.253 e. The predicted molar refractivity (Wildman–Crippen MR) is 69.6 cm³/mol. The molecule has 1 aromatic rings. The van der Waals surface area contributed by atoms with E-state index in [2.05, 4.69) is 6.07 Å². The molecule has 0 bridgehead atoms. The molecule has 1 unspecified atom stereocenters. The first-order chi connectivity index (χ1) is 9.26. The number of carbonyl (C=O) groups is 1. The van der Waals surface area contributed by atoms with Gasteiger partial charge in [0.25, 0.3) is 5.91 Å². The number of nitriles is 1. The fraction of sp³-hybridized carbons (Fsp3) is 0.429. The highest BCUT2D eigenvalue weighted by Gasteiger charge is 2.28. The second-order valence-electron chi connectivity index (χ2n) is 4.43. The summed E-state index contributed by atoms with van der Waals surface area (Å²) < 4.78 is 5.43. The van der Waals surface area contributed by atoms with Crippen molar-refractivity contribution in [3.05, 3.63) is 29.8 Å². The van der Waals surface area contributed by atoms with E-state index < -0.39 is 0 Å². The van der Waals surface area contributed by atoms with Gasteiger partial charge in [-0.1, -0.05) is 12.1 Å². The Balaban J connectivity index is 2.17.